The van der Waals surface area contributed by atoms with Crippen molar-refractivity contribution in [2.45, 2.75) is 50.5 Å². The second kappa shape index (κ2) is 9.71. The van der Waals surface area contributed by atoms with Crippen LogP contribution >= 0.6 is 0 Å². The predicted molar refractivity (Wildman–Crippen MR) is 108 cm³/mol. The predicted octanol–water partition coefficient (Wildman–Crippen LogP) is 2.37. The Hall–Kier alpha value is -1.64. The Morgan fingerprint density at radius 1 is 1.29 bits per heavy atom. The summed E-state index contributed by atoms with van der Waals surface area (Å²) in [5.41, 5.74) is 0.930. The molecule has 0 unspecified atom stereocenters. The summed E-state index contributed by atoms with van der Waals surface area (Å²) in [7, 11) is -0.717. The molecule has 1 aromatic carbocycles. The average Bonchev–Trinajstić information content (AvgIpc) is 2.67. The van der Waals surface area contributed by atoms with E-state index < -0.39 is 10.0 Å². The number of nitrogens with one attached hydrogen (secondary N) is 1. The number of carbonyl (C=O) groups excluding carboxylic acids is 1. The van der Waals surface area contributed by atoms with Crippen LogP contribution in [0.3, 0.4) is 0 Å². The third-order valence-electron chi connectivity index (χ3n) is 5.03. The molecule has 8 heteroatoms. The molecule has 1 amide bonds. The van der Waals surface area contributed by atoms with Gasteiger partial charge in [-0.15, -0.1) is 0 Å². The number of benzene rings is 1. The van der Waals surface area contributed by atoms with Crippen molar-refractivity contribution in [1.29, 1.82) is 0 Å². The van der Waals surface area contributed by atoms with Crippen LogP contribution in [0.4, 0.5) is 0 Å². The molecule has 1 aliphatic heterocycles. The van der Waals surface area contributed by atoms with E-state index in [-0.39, 0.29) is 35.2 Å². The monoisotopic (exact) mass is 412 g/mol. The lowest BCUT2D eigenvalue weighted by Gasteiger charge is -2.32. The third-order valence-corrected chi connectivity index (χ3v) is 6.92. The van der Waals surface area contributed by atoms with Crippen LogP contribution in [0.1, 0.15) is 45.1 Å². The van der Waals surface area contributed by atoms with Crippen LogP contribution < -0.4 is 10.1 Å². The van der Waals surface area contributed by atoms with E-state index in [1.165, 1.54) is 11.4 Å². The minimum Gasteiger partial charge on any atom is -0.495 e. The summed E-state index contributed by atoms with van der Waals surface area (Å²) >= 11 is 0. The van der Waals surface area contributed by atoms with Gasteiger partial charge in [0.05, 0.1) is 19.6 Å². The van der Waals surface area contributed by atoms with Crippen LogP contribution in [0.5, 0.6) is 5.75 Å². The van der Waals surface area contributed by atoms with E-state index in [0.717, 1.165) is 5.56 Å². The summed E-state index contributed by atoms with van der Waals surface area (Å²) in [6, 6.07) is 5.14. The van der Waals surface area contributed by atoms with E-state index in [1.807, 2.05) is 26.8 Å². The van der Waals surface area contributed by atoms with Crippen molar-refractivity contribution in [2.75, 3.05) is 33.9 Å². The Bertz CT molecular complexity index is 779. The topological polar surface area (TPSA) is 84.9 Å². The van der Waals surface area contributed by atoms with Crippen molar-refractivity contribution < 1.29 is 22.7 Å². The molecule has 0 bridgehead atoms. The molecule has 0 aliphatic carbocycles. The van der Waals surface area contributed by atoms with Crippen LogP contribution in [-0.4, -0.2) is 58.6 Å². The van der Waals surface area contributed by atoms with Gasteiger partial charge >= 0.3 is 0 Å². The summed E-state index contributed by atoms with van der Waals surface area (Å²) in [5.74, 6) is 0.0150. The zero-order chi connectivity index (χ0) is 20.9. The number of rotatable bonds is 8. The highest BCUT2D eigenvalue weighted by Crippen LogP contribution is 2.32. The fourth-order valence-corrected chi connectivity index (χ4v) is 5.13. The van der Waals surface area contributed by atoms with Crippen LogP contribution in [0.15, 0.2) is 23.1 Å². The van der Waals surface area contributed by atoms with Crippen LogP contribution in [0.2, 0.25) is 0 Å². The highest BCUT2D eigenvalue weighted by atomic mass is 32.2. The Balaban J connectivity index is 2.24. The van der Waals surface area contributed by atoms with E-state index in [1.54, 1.807) is 19.2 Å². The minimum absolute atomic E-state index is 0.118. The van der Waals surface area contributed by atoms with Crippen molar-refractivity contribution in [3.63, 3.8) is 0 Å². The molecule has 1 N–H and O–H groups in total. The third kappa shape index (κ3) is 5.24. The van der Waals surface area contributed by atoms with Gasteiger partial charge in [-0.05, 0) is 43.4 Å². The van der Waals surface area contributed by atoms with E-state index in [4.69, 9.17) is 9.47 Å². The van der Waals surface area contributed by atoms with E-state index in [0.29, 0.717) is 31.7 Å². The maximum absolute atomic E-state index is 13.3. The van der Waals surface area contributed by atoms with E-state index in [9.17, 15) is 13.2 Å². The number of amides is 1. The molecule has 7 nitrogen and oxygen atoms in total. The number of hydrogen-bond acceptors (Lipinski definition) is 5. The molecule has 0 radical (unpaired) electrons. The van der Waals surface area contributed by atoms with Gasteiger partial charge in [-0.2, -0.15) is 4.31 Å². The molecule has 0 saturated carbocycles. The molecular weight excluding hydrogens is 380 g/mol. The van der Waals surface area contributed by atoms with Gasteiger partial charge in [0.1, 0.15) is 10.6 Å². The lowest BCUT2D eigenvalue weighted by molar-refractivity contribution is -0.127. The molecule has 28 heavy (non-hydrogen) atoms. The van der Waals surface area contributed by atoms with Crippen molar-refractivity contribution in [1.82, 2.24) is 9.62 Å². The number of piperidine rings is 1. The lowest BCUT2D eigenvalue weighted by Crippen LogP contribution is -2.47. The van der Waals surface area contributed by atoms with E-state index in [2.05, 4.69) is 5.32 Å². The molecular formula is C20H32N2O5S. The highest BCUT2D eigenvalue weighted by molar-refractivity contribution is 7.89. The normalized spacial score (nSPS) is 19.4. The van der Waals surface area contributed by atoms with Gasteiger partial charge in [0.2, 0.25) is 15.9 Å². The Labute approximate surface area is 168 Å². The highest BCUT2D eigenvalue weighted by Gasteiger charge is 2.35. The summed E-state index contributed by atoms with van der Waals surface area (Å²) in [4.78, 5) is 12.7. The molecule has 2 rings (SSSR count). The van der Waals surface area contributed by atoms with Gasteiger partial charge < -0.3 is 14.8 Å². The first kappa shape index (κ1) is 22.6. The number of ether oxygens (including phenoxy) is 2. The summed E-state index contributed by atoms with van der Waals surface area (Å²) in [5, 5.41) is 2.90. The number of sulfonamides is 1. The zero-order valence-electron chi connectivity index (χ0n) is 17.4. The number of methoxy groups -OCH3 is 2. The molecule has 2 atom stereocenters. The van der Waals surface area contributed by atoms with Crippen LogP contribution in [-0.2, 0) is 19.6 Å². The lowest BCUT2D eigenvalue weighted by atomic mass is 9.98. The molecule has 1 aromatic rings. The molecule has 0 aromatic heterocycles. The first-order chi connectivity index (χ1) is 13.2. The van der Waals surface area contributed by atoms with Crippen molar-refractivity contribution in [3.05, 3.63) is 23.8 Å². The first-order valence-electron chi connectivity index (χ1n) is 9.68. The second-order valence-corrected chi connectivity index (χ2v) is 9.54. The molecule has 1 saturated heterocycles. The Kier molecular flexibility index (Phi) is 7.86. The summed E-state index contributed by atoms with van der Waals surface area (Å²) in [6.45, 7) is 6.87. The summed E-state index contributed by atoms with van der Waals surface area (Å²) in [6.07, 6.45) is 1.31. The van der Waals surface area contributed by atoms with Gasteiger partial charge in [-0.3, -0.25) is 4.79 Å². The standard InChI is InChI=1S/C20H32N2O5S/c1-14(2)16-8-9-18(27-5)19(11-16)28(24,25)22-10-6-7-17(12-22)20(23)21-15(3)13-26-4/h8-9,11,14-15,17H,6-7,10,12-13H2,1-5H3,(H,21,23)/t15-,17-/m0/s1. The quantitative estimate of drug-likeness (QED) is 0.709. The molecule has 1 fully saturated rings. The number of carbonyl (C=O) groups is 1. The van der Waals surface area contributed by atoms with Crippen molar-refractivity contribution >= 4 is 15.9 Å². The largest absolute Gasteiger partial charge is 0.495 e. The zero-order valence-corrected chi connectivity index (χ0v) is 18.2. The van der Waals surface area contributed by atoms with Gasteiger partial charge in [0.15, 0.2) is 0 Å². The average molecular weight is 413 g/mol. The SMILES string of the molecule is COC[C@H](C)NC(=O)[C@H]1CCCN(S(=O)(=O)c2cc(C(C)C)ccc2OC)C1. The van der Waals surface area contributed by atoms with Crippen LogP contribution in [0, 0.1) is 5.92 Å². The second-order valence-electron chi connectivity index (χ2n) is 7.63. The Morgan fingerprint density at radius 3 is 2.61 bits per heavy atom. The number of hydrogen-bond donors (Lipinski definition) is 1. The first-order valence-corrected chi connectivity index (χ1v) is 11.1. The summed E-state index contributed by atoms with van der Waals surface area (Å²) < 4.78 is 38.4. The minimum atomic E-state index is -3.76. The Morgan fingerprint density at radius 2 is 2.00 bits per heavy atom. The van der Waals surface area contributed by atoms with Gasteiger partial charge in [0, 0.05) is 26.2 Å². The van der Waals surface area contributed by atoms with Gasteiger partial charge in [-0.1, -0.05) is 19.9 Å². The number of nitrogens with zero attached hydrogens (tertiary/aromatic N) is 1. The fraction of sp³-hybridized carbons (Fsp3) is 0.650. The molecule has 158 valence electrons. The smallest absolute Gasteiger partial charge is 0.246 e. The van der Waals surface area contributed by atoms with Crippen molar-refractivity contribution in [3.8, 4) is 5.75 Å². The maximum Gasteiger partial charge on any atom is 0.246 e. The van der Waals surface area contributed by atoms with Crippen LogP contribution in [0.25, 0.3) is 0 Å². The van der Waals surface area contributed by atoms with Gasteiger partial charge in [0.25, 0.3) is 0 Å². The molecule has 1 heterocycles. The van der Waals surface area contributed by atoms with Gasteiger partial charge in [-0.25, -0.2) is 8.42 Å². The van der Waals surface area contributed by atoms with Crippen molar-refractivity contribution in [2.24, 2.45) is 5.92 Å². The molecule has 0 spiro atoms. The fourth-order valence-electron chi connectivity index (χ4n) is 3.42. The molecule has 1 aliphatic rings. The van der Waals surface area contributed by atoms with E-state index >= 15 is 0 Å². The maximum atomic E-state index is 13.3.